The number of amides is 1. The predicted molar refractivity (Wildman–Crippen MR) is 63.0 cm³/mol. The molecule has 0 radical (unpaired) electrons. The quantitative estimate of drug-likeness (QED) is 0.560. The first-order valence-electron chi connectivity index (χ1n) is 5.32. The van der Waals surface area contributed by atoms with Crippen molar-refractivity contribution in [3.8, 4) is 0 Å². The number of carboxylic acid groups (broad SMARTS) is 1. The molecule has 8 heteroatoms. The van der Waals surface area contributed by atoms with E-state index < -0.39 is 28.0 Å². The summed E-state index contributed by atoms with van der Waals surface area (Å²) >= 11 is 0. The Balaban J connectivity index is 2.38. The molecule has 0 aliphatic carbocycles. The Kier molecular flexibility index (Phi) is 3.20. The van der Waals surface area contributed by atoms with Gasteiger partial charge >= 0.3 is 5.97 Å². The minimum Gasteiger partial charge on any atom is -0.477 e. The van der Waals surface area contributed by atoms with Gasteiger partial charge in [-0.05, 0) is 19.4 Å². The van der Waals surface area contributed by atoms with E-state index in [1.54, 1.807) is 13.8 Å². The molecule has 7 nitrogen and oxygen atoms in total. The Morgan fingerprint density at radius 3 is 2.89 bits per heavy atom. The van der Waals surface area contributed by atoms with Crippen molar-refractivity contribution in [3.63, 3.8) is 0 Å². The standard InChI is InChI=1S/C10H12N2O5S/c1-3-17-11-6-8(13)12-7(10(14)15)5(2)4-18(16)9(6)12/h9H,3-4H2,1-2H3,(H,14,15)/b11-6+/t9-,18?/m1/s1. The summed E-state index contributed by atoms with van der Waals surface area (Å²) in [4.78, 5) is 28.7. The largest absolute Gasteiger partial charge is 0.477 e. The third-order valence-electron chi connectivity index (χ3n) is 2.65. The van der Waals surface area contributed by atoms with E-state index in [0.717, 1.165) is 4.90 Å². The highest BCUT2D eigenvalue weighted by atomic mass is 32.2. The van der Waals surface area contributed by atoms with Gasteiger partial charge in [-0.1, -0.05) is 5.16 Å². The van der Waals surface area contributed by atoms with Crippen LogP contribution in [0.1, 0.15) is 13.8 Å². The summed E-state index contributed by atoms with van der Waals surface area (Å²) in [7, 11) is -1.38. The normalized spacial score (nSPS) is 29.1. The van der Waals surface area contributed by atoms with Gasteiger partial charge in [-0.15, -0.1) is 0 Å². The maximum absolute atomic E-state index is 11.9. The van der Waals surface area contributed by atoms with Crippen molar-refractivity contribution in [1.29, 1.82) is 0 Å². The summed E-state index contributed by atoms with van der Waals surface area (Å²) in [6.45, 7) is 3.55. The van der Waals surface area contributed by atoms with Crippen molar-refractivity contribution in [3.05, 3.63) is 11.3 Å². The van der Waals surface area contributed by atoms with Crippen LogP contribution in [-0.4, -0.2) is 49.5 Å². The summed E-state index contributed by atoms with van der Waals surface area (Å²) in [5.41, 5.74) is 0.363. The van der Waals surface area contributed by atoms with Gasteiger partial charge in [0.2, 0.25) is 0 Å². The highest BCUT2D eigenvalue weighted by molar-refractivity contribution is 7.87. The maximum Gasteiger partial charge on any atom is 0.352 e. The van der Waals surface area contributed by atoms with Crippen molar-refractivity contribution in [1.82, 2.24) is 4.90 Å². The van der Waals surface area contributed by atoms with Crippen LogP contribution in [0.5, 0.6) is 0 Å². The lowest BCUT2D eigenvalue weighted by atomic mass is 10.1. The molecule has 0 aromatic heterocycles. The molecular formula is C10H12N2O5S. The van der Waals surface area contributed by atoms with Crippen molar-refractivity contribution >= 4 is 28.4 Å². The van der Waals surface area contributed by atoms with Gasteiger partial charge in [0.15, 0.2) is 11.1 Å². The molecule has 2 rings (SSSR count). The molecule has 0 aromatic rings. The van der Waals surface area contributed by atoms with Gasteiger partial charge in [-0.2, -0.15) is 0 Å². The van der Waals surface area contributed by atoms with E-state index in [4.69, 9.17) is 9.94 Å². The number of fused-ring (bicyclic) bond motifs is 1. The molecule has 1 saturated heterocycles. The molecule has 2 aliphatic heterocycles. The number of aliphatic carboxylic acids is 1. The number of hydrogen-bond acceptors (Lipinski definition) is 5. The topological polar surface area (TPSA) is 96.3 Å². The molecule has 2 heterocycles. The molecule has 0 bridgehead atoms. The summed E-state index contributed by atoms with van der Waals surface area (Å²) in [5.74, 6) is -1.63. The van der Waals surface area contributed by atoms with Crippen LogP contribution in [0.15, 0.2) is 16.4 Å². The third kappa shape index (κ3) is 1.72. The van der Waals surface area contributed by atoms with Crippen molar-refractivity contribution in [2.24, 2.45) is 5.16 Å². The van der Waals surface area contributed by atoms with Crippen LogP contribution in [-0.2, 0) is 25.2 Å². The fraction of sp³-hybridized carbons (Fsp3) is 0.500. The van der Waals surface area contributed by atoms with Crippen LogP contribution in [0, 0.1) is 0 Å². The van der Waals surface area contributed by atoms with Gasteiger partial charge in [0, 0.05) is 5.75 Å². The average Bonchev–Trinajstić information content (AvgIpc) is 2.29. The molecule has 1 amide bonds. The predicted octanol–water partition coefficient (Wildman–Crippen LogP) is -0.332. The van der Waals surface area contributed by atoms with Gasteiger partial charge in [0.25, 0.3) is 5.91 Å². The number of rotatable bonds is 3. The van der Waals surface area contributed by atoms with E-state index in [9.17, 15) is 13.8 Å². The summed E-state index contributed by atoms with van der Waals surface area (Å²) in [6.07, 6.45) is 0. The van der Waals surface area contributed by atoms with Gasteiger partial charge < -0.3 is 9.94 Å². The Morgan fingerprint density at radius 1 is 1.67 bits per heavy atom. The Hall–Kier alpha value is -1.70. The zero-order valence-corrected chi connectivity index (χ0v) is 10.7. The van der Waals surface area contributed by atoms with Gasteiger partial charge in [-0.25, -0.2) is 4.79 Å². The summed E-state index contributed by atoms with van der Waals surface area (Å²) < 4.78 is 11.9. The van der Waals surface area contributed by atoms with Crippen molar-refractivity contribution in [2.45, 2.75) is 19.2 Å². The number of carbonyl (C=O) groups excluding carboxylic acids is 1. The Labute approximate surface area is 106 Å². The SMILES string of the molecule is CCO/N=C1\C(=O)N2C(C(=O)O)=C(C)CS(=O)[C@H]12. The summed E-state index contributed by atoms with van der Waals surface area (Å²) in [5, 5.41) is 11.9. The molecule has 98 valence electrons. The van der Waals surface area contributed by atoms with Crippen LogP contribution >= 0.6 is 0 Å². The van der Waals surface area contributed by atoms with E-state index in [2.05, 4.69) is 5.16 Å². The number of carbonyl (C=O) groups is 2. The van der Waals surface area contributed by atoms with Crippen molar-refractivity contribution < 1.29 is 23.7 Å². The van der Waals surface area contributed by atoms with Crippen molar-refractivity contribution in [2.75, 3.05) is 12.4 Å². The molecule has 18 heavy (non-hydrogen) atoms. The molecule has 0 saturated carbocycles. The third-order valence-corrected chi connectivity index (χ3v) is 4.30. The number of nitrogens with zero attached hydrogens (tertiary/aromatic N) is 2. The van der Waals surface area contributed by atoms with Crippen LogP contribution in [0.25, 0.3) is 0 Å². The molecule has 0 aromatic carbocycles. The van der Waals surface area contributed by atoms with E-state index >= 15 is 0 Å². The lowest BCUT2D eigenvalue weighted by Crippen LogP contribution is -2.66. The molecule has 1 unspecified atom stereocenters. The minimum absolute atomic E-state index is 0.0291. The van der Waals surface area contributed by atoms with Crippen LogP contribution < -0.4 is 0 Å². The molecule has 1 N–H and O–H groups in total. The smallest absolute Gasteiger partial charge is 0.352 e. The average molecular weight is 272 g/mol. The fourth-order valence-corrected chi connectivity index (χ4v) is 3.47. The highest BCUT2D eigenvalue weighted by Crippen LogP contribution is 2.32. The lowest BCUT2D eigenvalue weighted by Gasteiger charge is -2.43. The first-order chi connectivity index (χ1) is 8.49. The number of β-lactam (4-membered cyclic amide) rings is 1. The number of oxime groups is 1. The number of hydrogen-bond donors (Lipinski definition) is 1. The second-order valence-electron chi connectivity index (χ2n) is 3.88. The molecular weight excluding hydrogens is 260 g/mol. The Bertz CT molecular complexity index is 510. The monoisotopic (exact) mass is 272 g/mol. The van der Waals surface area contributed by atoms with E-state index in [1.165, 1.54) is 0 Å². The minimum atomic E-state index is -1.38. The first-order valence-corrected chi connectivity index (χ1v) is 6.70. The summed E-state index contributed by atoms with van der Waals surface area (Å²) in [6, 6.07) is 0. The highest BCUT2D eigenvalue weighted by Gasteiger charge is 2.54. The molecule has 2 aliphatic rings. The van der Waals surface area contributed by atoms with Gasteiger partial charge in [0.05, 0.1) is 10.8 Å². The van der Waals surface area contributed by atoms with E-state index in [1.807, 2.05) is 0 Å². The Morgan fingerprint density at radius 2 is 2.33 bits per heavy atom. The number of carboxylic acids is 1. The zero-order valence-electron chi connectivity index (χ0n) is 9.87. The lowest BCUT2D eigenvalue weighted by molar-refractivity contribution is -0.139. The second-order valence-corrected chi connectivity index (χ2v) is 5.38. The van der Waals surface area contributed by atoms with Gasteiger partial charge in [0.1, 0.15) is 12.3 Å². The zero-order chi connectivity index (χ0) is 13.4. The van der Waals surface area contributed by atoms with Gasteiger partial charge in [-0.3, -0.25) is 13.9 Å². The van der Waals surface area contributed by atoms with Crippen LogP contribution in [0.4, 0.5) is 0 Å². The molecule has 1 fully saturated rings. The molecule has 2 atom stereocenters. The van der Waals surface area contributed by atoms with Crippen LogP contribution in [0.2, 0.25) is 0 Å². The molecule has 0 spiro atoms. The maximum atomic E-state index is 11.9. The van der Waals surface area contributed by atoms with E-state index in [0.29, 0.717) is 5.57 Å². The van der Waals surface area contributed by atoms with Crippen LogP contribution in [0.3, 0.4) is 0 Å². The van der Waals surface area contributed by atoms with E-state index in [-0.39, 0.29) is 23.8 Å². The second kappa shape index (κ2) is 4.52. The fourth-order valence-electron chi connectivity index (χ4n) is 1.92. The first kappa shape index (κ1) is 12.7.